The molecule has 0 saturated heterocycles. The highest BCUT2D eigenvalue weighted by molar-refractivity contribution is 5.85. The van der Waals surface area contributed by atoms with Crippen LogP contribution in [0.3, 0.4) is 0 Å². The highest BCUT2D eigenvalue weighted by Crippen LogP contribution is 2.25. The fraction of sp³-hybridized carbons (Fsp3) is 0.286. The normalized spacial score (nSPS) is 11.8. The van der Waals surface area contributed by atoms with Crippen molar-refractivity contribution in [1.82, 2.24) is 19.9 Å². The summed E-state index contributed by atoms with van der Waals surface area (Å²) in [6.07, 6.45) is 1.62. The highest BCUT2D eigenvalue weighted by atomic mass is 16.5. The molecule has 0 aliphatic carbocycles. The quantitative estimate of drug-likeness (QED) is 0.338. The monoisotopic (exact) mass is 500 g/mol. The second-order valence-electron chi connectivity index (χ2n) is 8.98. The summed E-state index contributed by atoms with van der Waals surface area (Å²) in [5.74, 6) is 0.438. The molecule has 2 aromatic heterocycles. The standard InChI is InChI=1S/C27H28N6O3.CH4/c1-27(2,29)26(34)30-22(18-35-16-19-9-5-3-6-10-19)24-31-32-25-23(13-21(14-28)15-33(24)25)36-17-20-11-7-4-8-12-20;/h3-13,15,22H,16-18,29H2,1-2H3,(H,30,34);1H4/t22-;/m1./s1. The van der Waals surface area contributed by atoms with E-state index < -0.39 is 11.6 Å². The molecular formula is C28H32N6O3. The van der Waals surface area contributed by atoms with E-state index in [1.165, 1.54) is 0 Å². The molecule has 192 valence electrons. The van der Waals surface area contributed by atoms with Crippen molar-refractivity contribution in [3.05, 3.63) is 95.4 Å². The van der Waals surface area contributed by atoms with Gasteiger partial charge in [-0.1, -0.05) is 68.1 Å². The van der Waals surface area contributed by atoms with Crippen LogP contribution in [0.25, 0.3) is 5.65 Å². The maximum atomic E-state index is 12.8. The van der Waals surface area contributed by atoms with Gasteiger partial charge in [0.15, 0.2) is 11.6 Å². The van der Waals surface area contributed by atoms with Gasteiger partial charge in [0.1, 0.15) is 18.7 Å². The van der Waals surface area contributed by atoms with Crippen molar-refractivity contribution in [2.75, 3.05) is 6.61 Å². The van der Waals surface area contributed by atoms with E-state index in [-0.39, 0.29) is 19.9 Å². The zero-order valence-corrected chi connectivity index (χ0v) is 20.2. The highest BCUT2D eigenvalue weighted by Gasteiger charge is 2.28. The van der Waals surface area contributed by atoms with Gasteiger partial charge in [-0.3, -0.25) is 9.20 Å². The van der Waals surface area contributed by atoms with Crippen LogP contribution in [0.1, 0.15) is 49.8 Å². The minimum atomic E-state index is -1.11. The molecule has 37 heavy (non-hydrogen) atoms. The first kappa shape index (κ1) is 27.3. The third-order valence-electron chi connectivity index (χ3n) is 5.46. The number of carbonyl (C=O) groups is 1. The Labute approximate surface area is 216 Å². The van der Waals surface area contributed by atoms with E-state index in [1.54, 1.807) is 30.5 Å². The second-order valence-corrected chi connectivity index (χ2v) is 8.98. The molecule has 1 atom stereocenters. The van der Waals surface area contributed by atoms with Gasteiger partial charge in [0.25, 0.3) is 0 Å². The van der Waals surface area contributed by atoms with Crippen molar-refractivity contribution in [3.63, 3.8) is 0 Å². The smallest absolute Gasteiger partial charge is 0.240 e. The Morgan fingerprint density at radius 2 is 1.70 bits per heavy atom. The van der Waals surface area contributed by atoms with Gasteiger partial charge in [0, 0.05) is 12.3 Å². The Morgan fingerprint density at radius 1 is 1.08 bits per heavy atom. The first-order valence-corrected chi connectivity index (χ1v) is 11.5. The number of nitriles is 1. The van der Waals surface area contributed by atoms with Crippen LogP contribution >= 0.6 is 0 Å². The van der Waals surface area contributed by atoms with Crippen LogP contribution in [-0.4, -0.2) is 32.7 Å². The molecule has 0 saturated carbocycles. The summed E-state index contributed by atoms with van der Waals surface area (Å²) in [5, 5.41) is 21.2. The van der Waals surface area contributed by atoms with Crippen molar-refractivity contribution in [2.45, 2.75) is 46.1 Å². The SMILES string of the molecule is C.CC(C)(N)C(=O)N[C@H](COCc1ccccc1)c1nnc2c(OCc3ccccc3)cc(C#N)cn12. The molecule has 9 nitrogen and oxygen atoms in total. The first-order valence-electron chi connectivity index (χ1n) is 11.5. The Bertz CT molecular complexity index is 1360. The van der Waals surface area contributed by atoms with Crippen LogP contribution < -0.4 is 15.8 Å². The van der Waals surface area contributed by atoms with Gasteiger partial charge in [-0.15, -0.1) is 10.2 Å². The van der Waals surface area contributed by atoms with Crippen LogP contribution in [-0.2, 0) is 22.7 Å². The molecule has 2 aromatic carbocycles. The van der Waals surface area contributed by atoms with E-state index in [0.29, 0.717) is 36.0 Å². The number of pyridine rings is 1. The van der Waals surface area contributed by atoms with E-state index in [9.17, 15) is 10.1 Å². The summed E-state index contributed by atoms with van der Waals surface area (Å²) in [5.41, 5.74) is 7.67. The Hall–Kier alpha value is -4.26. The zero-order valence-electron chi connectivity index (χ0n) is 20.2. The zero-order chi connectivity index (χ0) is 25.5. The molecule has 0 bridgehead atoms. The van der Waals surface area contributed by atoms with Gasteiger partial charge in [-0.05, 0) is 25.0 Å². The summed E-state index contributed by atoms with van der Waals surface area (Å²) < 4.78 is 13.6. The number of fused-ring (bicyclic) bond motifs is 1. The Balaban J connectivity index is 0.00000380. The first-order chi connectivity index (χ1) is 17.3. The molecule has 1 amide bonds. The minimum absolute atomic E-state index is 0. The van der Waals surface area contributed by atoms with Gasteiger partial charge >= 0.3 is 0 Å². The fourth-order valence-corrected chi connectivity index (χ4v) is 3.51. The molecule has 2 heterocycles. The summed E-state index contributed by atoms with van der Waals surface area (Å²) in [7, 11) is 0. The Morgan fingerprint density at radius 3 is 2.30 bits per heavy atom. The second kappa shape index (κ2) is 12.1. The molecule has 3 N–H and O–H groups in total. The van der Waals surface area contributed by atoms with Crippen LogP contribution in [0, 0.1) is 11.3 Å². The largest absolute Gasteiger partial charge is 0.485 e. The Kier molecular flexibility index (Phi) is 8.95. The number of hydrogen-bond donors (Lipinski definition) is 2. The lowest BCUT2D eigenvalue weighted by molar-refractivity contribution is -0.126. The summed E-state index contributed by atoms with van der Waals surface area (Å²) in [6.45, 7) is 4.01. The number of amides is 1. The average molecular weight is 501 g/mol. The fourth-order valence-electron chi connectivity index (χ4n) is 3.51. The number of carbonyl (C=O) groups excluding carboxylic acids is 1. The topological polar surface area (TPSA) is 128 Å². The number of nitrogens with two attached hydrogens (primary N) is 1. The molecule has 0 radical (unpaired) electrons. The predicted molar refractivity (Wildman–Crippen MR) is 140 cm³/mol. The third-order valence-corrected chi connectivity index (χ3v) is 5.46. The van der Waals surface area contributed by atoms with Crippen LogP contribution in [0.15, 0.2) is 72.9 Å². The van der Waals surface area contributed by atoms with Crippen molar-refractivity contribution in [2.24, 2.45) is 5.73 Å². The number of hydrogen-bond acceptors (Lipinski definition) is 7. The molecule has 9 heteroatoms. The number of ether oxygens (including phenoxy) is 2. The maximum absolute atomic E-state index is 12.8. The summed E-state index contributed by atoms with van der Waals surface area (Å²) in [4.78, 5) is 12.8. The molecule has 4 rings (SSSR count). The number of rotatable bonds is 10. The van der Waals surface area contributed by atoms with Crippen molar-refractivity contribution in [3.8, 4) is 11.8 Å². The van der Waals surface area contributed by atoms with E-state index in [1.807, 2.05) is 60.7 Å². The maximum Gasteiger partial charge on any atom is 0.240 e. The van der Waals surface area contributed by atoms with Crippen molar-refractivity contribution >= 4 is 11.6 Å². The van der Waals surface area contributed by atoms with Crippen molar-refractivity contribution in [1.29, 1.82) is 5.26 Å². The molecular weight excluding hydrogens is 468 g/mol. The average Bonchev–Trinajstić information content (AvgIpc) is 3.31. The summed E-state index contributed by atoms with van der Waals surface area (Å²) >= 11 is 0. The molecule has 0 spiro atoms. The number of nitrogens with zero attached hydrogens (tertiary/aromatic N) is 4. The third kappa shape index (κ3) is 6.91. The molecule has 0 unspecified atom stereocenters. The number of nitrogens with one attached hydrogen (secondary N) is 1. The lowest BCUT2D eigenvalue weighted by Gasteiger charge is -2.23. The minimum Gasteiger partial charge on any atom is -0.485 e. The van der Waals surface area contributed by atoms with E-state index in [4.69, 9.17) is 15.2 Å². The van der Waals surface area contributed by atoms with E-state index in [0.717, 1.165) is 11.1 Å². The molecule has 0 aliphatic rings. The van der Waals surface area contributed by atoms with Crippen LogP contribution in [0.4, 0.5) is 0 Å². The van der Waals surface area contributed by atoms with E-state index in [2.05, 4.69) is 21.6 Å². The number of benzene rings is 2. The predicted octanol–water partition coefficient (Wildman–Crippen LogP) is 3.93. The van der Waals surface area contributed by atoms with Gasteiger partial charge < -0.3 is 20.5 Å². The van der Waals surface area contributed by atoms with Gasteiger partial charge in [0.05, 0.1) is 24.3 Å². The van der Waals surface area contributed by atoms with Crippen LogP contribution in [0.5, 0.6) is 5.75 Å². The molecule has 0 aliphatic heterocycles. The van der Waals surface area contributed by atoms with E-state index >= 15 is 0 Å². The van der Waals surface area contributed by atoms with Crippen LogP contribution in [0.2, 0.25) is 0 Å². The lowest BCUT2D eigenvalue weighted by atomic mass is 10.1. The number of aromatic nitrogens is 3. The lowest BCUT2D eigenvalue weighted by Crippen LogP contribution is -2.50. The van der Waals surface area contributed by atoms with Crippen molar-refractivity contribution < 1.29 is 14.3 Å². The molecule has 0 fully saturated rings. The summed E-state index contributed by atoms with van der Waals surface area (Å²) in [6, 6.07) is 22.5. The van der Waals surface area contributed by atoms with Gasteiger partial charge in [-0.2, -0.15) is 5.26 Å². The van der Waals surface area contributed by atoms with Gasteiger partial charge in [0.2, 0.25) is 11.6 Å². The molecule has 4 aromatic rings. The van der Waals surface area contributed by atoms with Gasteiger partial charge in [-0.25, -0.2) is 0 Å².